The molecular formula is C9H8BrIN2. The highest BCUT2D eigenvalue weighted by molar-refractivity contribution is 14.1. The molecule has 0 bridgehead atoms. The van der Waals surface area contributed by atoms with Gasteiger partial charge in [0.2, 0.25) is 0 Å². The Labute approximate surface area is 98.4 Å². The third-order valence-electron chi connectivity index (χ3n) is 2.05. The highest BCUT2D eigenvalue weighted by atomic mass is 127. The van der Waals surface area contributed by atoms with Crippen molar-refractivity contribution >= 4 is 49.4 Å². The van der Waals surface area contributed by atoms with Crippen LogP contribution in [-0.2, 0) is 6.42 Å². The molecule has 2 aromatic rings. The zero-order valence-corrected chi connectivity index (χ0v) is 10.8. The molecule has 0 atom stereocenters. The summed E-state index contributed by atoms with van der Waals surface area (Å²) in [5.74, 6) is 0. The number of hydrogen-bond acceptors (Lipinski definition) is 1. The van der Waals surface area contributed by atoms with E-state index in [1.54, 1.807) is 0 Å². The van der Waals surface area contributed by atoms with Gasteiger partial charge in [0.05, 0.1) is 5.52 Å². The SMILES string of the molecule is CCc1cc(Br)cc2c(I)n[nH]c12. The van der Waals surface area contributed by atoms with Gasteiger partial charge < -0.3 is 0 Å². The second kappa shape index (κ2) is 3.57. The van der Waals surface area contributed by atoms with Crippen molar-refractivity contribution < 1.29 is 0 Å². The van der Waals surface area contributed by atoms with Gasteiger partial charge in [0.25, 0.3) is 0 Å². The summed E-state index contributed by atoms with van der Waals surface area (Å²) in [6.07, 6.45) is 1.02. The van der Waals surface area contributed by atoms with Crippen LogP contribution in [-0.4, -0.2) is 10.2 Å². The average molecular weight is 351 g/mol. The largest absolute Gasteiger partial charge is 0.276 e. The van der Waals surface area contributed by atoms with Gasteiger partial charge in [-0.25, -0.2) is 0 Å². The van der Waals surface area contributed by atoms with Crippen LogP contribution in [0.5, 0.6) is 0 Å². The monoisotopic (exact) mass is 350 g/mol. The fraction of sp³-hybridized carbons (Fsp3) is 0.222. The molecule has 2 nitrogen and oxygen atoms in total. The fourth-order valence-electron chi connectivity index (χ4n) is 1.40. The molecule has 0 aliphatic carbocycles. The molecule has 1 aromatic carbocycles. The molecule has 0 aliphatic rings. The molecule has 2 rings (SSSR count). The lowest BCUT2D eigenvalue weighted by molar-refractivity contribution is 1.07. The fourth-order valence-corrected chi connectivity index (χ4v) is 2.45. The van der Waals surface area contributed by atoms with E-state index < -0.39 is 0 Å². The number of nitrogens with one attached hydrogen (secondary N) is 1. The topological polar surface area (TPSA) is 28.7 Å². The predicted octanol–water partition coefficient (Wildman–Crippen LogP) is 3.49. The van der Waals surface area contributed by atoms with Gasteiger partial charge in [-0.1, -0.05) is 22.9 Å². The lowest BCUT2D eigenvalue weighted by Gasteiger charge is -1.99. The lowest BCUT2D eigenvalue weighted by atomic mass is 10.1. The standard InChI is InChI=1S/C9H8BrIN2/c1-2-5-3-6(10)4-7-8(5)12-13-9(7)11/h3-4H,2H2,1H3,(H,12,13). The first kappa shape index (κ1) is 9.45. The molecule has 13 heavy (non-hydrogen) atoms. The lowest BCUT2D eigenvalue weighted by Crippen LogP contribution is -1.83. The Morgan fingerprint density at radius 1 is 1.54 bits per heavy atom. The quantitative estimate of drug-likeness (QED) is 0.783. The van der Waals surface area contributed by atoms with Gasteiger partial charge >= 0.3 is 0 Å². The van der Waals surface area contributed by atoms with Crippen molar-refractivity contribution in [2.45, 2.75) is 13.3 Å². The summed E-state index contributed by atoms with van der Waals surface area (Å²) in [6.45, 7) is 2.15. The maximum atomic E-state index is 4.19. The first-order valence-corrected chi connectivity index (χ1v) is 5.91. The van der Waals surface area contributed by atoms with Crippen molar-refractivity contribution in [1.82, 2.24) is 10.2 Å². The van der Waals surface area contributed by atoms with Crippen molar-refractivity contribution in [1.29, 1.82) is 0 Å². The van der Waals surface area contributed by atoms with Crippen LogP contribution in [0.3, 0.4) is 0 Å². The second-order valence-corrected chi connectivity index (χ2v) is 4.79. The maximum Gasteiger partial charge on any atom is 0.130 e. The molecule has 1 heterocycles. The molecule has 0 fully saturated rings. The summed E-state index contributed by atoms with van der Waals surface area (Å²) in [7, 11) is 0. The van der Waals surface area contributed by atoms with Gasteiger partial charge in [0.1, 0.15) is 3.70 Å². The number of hydrogen-bond donors (Lipinski definition) is 1. The van der Waals surface area contributed by atoms with E-state index in [1.165, 1.54) is 10.9 Å². The minimum Gasteiger partial charge on any atom is -0.276 e. The molecular weight excluding hydrogens is 343 g/mol. The summed E-state index contributed by atoms with van der Waals surface area (Å²) in [6, 6.07) is 4.23. The van der Waals surface area contributed by atoms with E-state index in [0.29, 0.717) is 0 Å². The third kappa shape index (κ3) is 1.61. The highest BCUT2D eigenvalue weighted by Gasteiger charge is 2.07. The van der Waals surface area contributed by atoms with Gasteiger partial charge in [0, 0.05) is 9.86 Å². The Morgan fingerprint density at radius 3 is 3.00 bits per heavy atom. The summed E-state index contributed by atoms with van der Waals surface area (Å²) in [5, 5.41) is 8.44. The minimum atomic E-state index is 1.02. The molecule has 0 saturated heterocycles. The summed E-state index contributed by atoms with van der Waals surface area (Å²) in [4.78, 5) is 0. The van der Waals surface area contributed by atoms with E-state index in [1.807, 2.05) is 0 Å². The number of fused-ring (bicyclic) bond motifs is 1. The van der Waals surface area contributed by atoms with Crippen LogP contribution >= 0.6 is 38.5 Å². The van der Waals surface area contributed by atoms with E-state index in [9.17, 15) is 0 Å². The number of benzene rings is 1. The molecule has 0 saturated carbocycles. The molecule has 0 unspecified atom stereocenters. The number of aryl methyl sites for hydroxylation is 1. The van der Waals surface area contributed by atoms with Gasteiger partial charge in [-0.05, 0) is 46.7 Å². The average Bonchev–Trinajstić information content (AvgIpc) is 2.47. The third-order valence-corrected chi connectivity index (χ3v) is 3.33. The number of nitrogens with zero attached hydrogens (tertiary/aromatic N) is 1. The Morgan fingerprint density at radius 2 is 2.31 bits per heavy atom. The van der Waals surface area contributed by atoms with Gasteiger partial charge in [-0.3, -0.25) is 5.10 Å². The molecule has 0 radical (unpaired) electrons. The van der Waals surface area contributed by atoms with Crippen LogP contribution in [0.25, 0.3) is 10.9 Å². The van der Waals surface area contributed by atoms with E-state index in [2.05, 4.69) is 67.8 Å². The van der Waals surface area contributed by atoms with Crippen LogP contribution in [0.15, 0.2) is 16.6 Å². The summed E-state index contributed by atoms with van der Waals surface area (Å²) >= 11 is 5.74. The van der Waals surface area contributed by atoms with Crippen molar-refractivity contribution in [3.8, 4) is 0 Å². The van der Waals surface area contributed by atoms with Crippen LogP contribution < -0.4 is 0 Å². The molecule has 1 aromatic heterocycles. The molecule has 0 aliphatic heterocycles. The van der Waals surface area contributed by atoms with Gasteiger partial charge in [-0.2, -0.15) is 5.10 Å². The van der Waals surface area contributed by atoms with E-state index in [-0.39, 0.29) is 0 Å². The summed E-state index contributed by atoms with van der Waals surface area (Å²) < 4.78 is 2.15. The first-order chi connectivity index (χ1) is 6.22. The van der Waals surface area contributed by atoms with Gasteiger partial charge in [0.15, 0.2) is 0 Å². The minimum absolute atomic E-state index is 1.02. The number of aromatic nitrogens is 2. The smallest absolute Gasteiger partial charge is 0.130 e. The molecule has 0 spiro atoms. The normalized spacial score (nSPS) is 11.0. The van der Waals surface area contributed by atoms with E-state index in [4.69, 9.17) is 0 Å². The van der Waals surface area contributed by atoms with Crippen LogP contribution in [0, 0.1) is 3.70 Å². The van der Waals surface area contributed by atoms with Crippen molar-refractivity contribution in [2.24, 2.45) is 0 Å². The van der Waals surface area contributed by atoms with Crippen LogP contribution in [0.1, 0.15) is 12.5 Å². The zero-order valence-electron chi connectivity index (χ0n) is 7.06. The highest BCUT2D eigenvalue weighted by Crippen LogP contribution is 2.26. The predicted molar refractivity (Wildman–Crippen MR) is 65.9 cm³/mol. The number of halogens is 2. The van der Waals surface area contributed by atoms with E-state index in [0.717, 1.165) is 20.1 Å². The van der Waals surface area contributed by atoms with E-state index >= 15 is 0 Å². The number of rotatable bonds is 1. The molecule has 0 amide bonds. The Hall–Kier alpha value is -0.100. The molecule has 4 heteroatoms. The molecule has 68 valence electrons. The van der Waals surface area contributed by atoms with Crippen LogP contribution in [0.4, 0.5) is 0 Å². The Bertz CT molecular complexity index is 450. The van der Waals surface area contributed by atoms with Gasteiger partial charge in [-0.15, -0.1) is 0 Å². The van der Waals surface area contributed by atoms with Crippen molar-refractivity contribution in [3.63, 3.8) is 0 Å². The van der Waals surface area contributed by atoms with Crippen molar-refractivity contribution in [3.05, 3.63) is 25.9 Å². The Balaban J connectivity index is 2.84. The second-order valence-electron chi connectivity index (χ2n) is 2.86. The first-order valence-electron chi connectivity index (χ1n) is 4.04. The summed E-state index contributed by atoms with van der Waals surface area (Å²) in [5.41, 5.74) is 2.47. The van der Waals surface area contributed by atoms with Crippen LogP contribution in [0.2, 0.25) is 0 Å². The molecule has 1 N–H and O–H groups in total. The van der Waals surface area contributed by atoms with Crippen molar-refractivity contribution in [2.75, 3.05) is 0 Å². The number of H-pyrrole nitrogens is 1. The maximum absolute atomic E-state index is 4.19. The Kier molecular flexibility index (Phi) is 2.60. The number of aromatic amines is 1. The zero-order chi connectivity index (χ0) is 9.42.